The number of nitrogens with two attached hydrogens (primary N) is 1. The Morgan fingerprint density at radius 1 is 1.27 bits per heavy atom. The van der Waals surface area contributed by atoms with E-state index in [-0.39, 0.29) is 29.0 Å². The van der Waals surface area contributed by atoms with Crippen molar-refractivity contribution in [3.8, 4) is 11.3 Å². The second-order valence-electron chi connectivity index (χ2n) is 7.74. The fraction of sp³-hybridized carbons (Fsp3) is 0.350. The fourth-order valence-electron chi connectivity index (χ4n) is 3.63. The minimum Gasteiger partial charge on any atom is -0.382 e. The Morgan fingerprint density at radius 3 is 2.70 bits per heavy atom. The van der Waals surface area contributed by atoms with Crippen molar-refractivity contribution in [1.82, 2.24) is 14.6 Å². The lowest BCUT2D eigenvalue weighted by molar-refractivity contribution is -0.147. The lowest BCUT2D eigenvalue weighted by Crippen LogP contribution is -2.57. The molecule has 0 spiro atoms. The van der Waals surface area contributed by atoms with Gasteiger partial charge in [0.25, 0.3) is 5.91 Å². The van der Waals surface area contributed by atoms with Crippen molar-refractivity contribution in [2.75, 3.05) is 17.2 Å². The van der Waals surface area contributed by atoms with E-state index in [0.717, 1.165) is 16.9 Å². The first-order valence-electron chi connectivity index (χ1n) is 9.28. The first kappa shape index (κ1) is 20.1. The molecule has 1 amide bonds. The molecule has 1 unspecified atom stereocenters. The van der Waals surface area contributed by atoms with Crippen LogP contribution in [0.25, 0.3) is 16.8 Å². The molecule has 0 saturated carbocycles. The molecular weight excluding hydrogens is 399 g/mol. The predicted octanol–water partition coefficient (Wildman–Crippen LogP) is 3.53. The summed E-state index contributed by atoms with van der Waals surface area (Å²) in [6.07, 6.45) is -3.52. The van der Waals surface area contributed by atoms with Crippen molar-refractivity contribution in [2.24, 2.45) is 0 Å². The lowest BCUT2D eigenvalue weighted by atomic mass is 10.0. The zero-order valence-electron chi connectivity index (χ0n) is 16.6. The van der Waals surface area contributed by atoms with Crippen LogP contribution in [-0.4, -0.2) is 38.8 Å². The Morgan fingerprint density at radius 2 is 2.00 bits per heavy atom. The molecule has 0 bridgehead atoms. The van der Waals surface area contributed by atoms with Gasteiger partial charge in [-0.05, 0) is 39.0 Å². The minimum atomic E-state index is -4.63. The normalized spacial score (nSPS) is 19.5. The van der Waals surface area contributed by atoms with Crippen LogP contribution in [0.3, 0.4) is 0 Å². The first-order valence-corrected chi connectivity index (χ1v) is 9.28. The van der Waals surface area contributed by atoms with Crippen LogP contribution in [0.1, 0.15) is 26.3 Å². The molecule has 3 heterocycles. The van der Waals surface area contributed by atoms with E-state index in [2.05, 4.69) is 10.1 Å². The highest BCUT2D eigenvalue weighted by molar-refractivity contribution is 6.00. The van der Waals surface area contributed by atoms with Crippen molar-refractivity contribution in [3.63, 3.8) is 0 Å². The van der Waals surface area contributed by atoms with Gasteiger partial charge in [-0.1, -0.05) is 12.1 Å². The molecule has 7 nitrogen and oxygen atoms in total. The molecule has 158 valence electrons. The Bertz CT molecular complexity index is 1140. The van der Waals surface area contributed by atoms with Crippen LogP contribution in [-0.2, 0) is 15.7 Å². The van der Waals surface area contributed by atoms with E-state index in [0.29, 0.717) is 17.9 Å². The largest absolute Gasteiger partial charge is 0.418 e. The molecule has 4 rings (SSSR count). The molecule has 0 aliphatic carbocycles. The van der Waals surface area contributed by atoms with Crippen molar-refractivity contribution in [2.45, 2.75) is 38.6 Å². The number of rotatable bonds is 2. The van der Waals surface area contributed by atoms with Gasteiger partial charge in [-0.15, -0.1) is 0 Å². The van der Waals surface area contributed by atoms with Gasteiger partial charge in [0.05, 0.1) is 23.9 Å². The van der Waals surface area contributed by atoms with Crippen LogP contribution in [0.4, 0.5) is 24.7 Å². The number of aromatic nitrogens is 3. The Kier molecular flexibility index (Phi) is 4.50. The third-order valence-electron chi connectivity index (χ3n) is 5.17. The van der Waals surface area contributed by atoms with Gasteiger partial charge in [0.1, 0.15) is 17.4 Å². The van der Waals surface area contributed by atoms with E-state index >= 15 is 0 Å². The standard InChI is InChI=1S/C20H20F3N5O2/c1-11-9-30-19(2,3)18(29)27(11)13-6-4-5-12(7-13)15-8-14(20(21,22)23)16-17(24)25-10-26-28(15)16/h4-8,10-11H,9H2,1-3H3,(H2,24,25,26). The quantitative estimate of drug-likeness (QED) is 0.687. The van der Waals surface area contributed by atoms with Gasteiger partial charge in [0, 0.05) is 11.3 Å². The van der Waals surface area contributed by atoms with Gasteiger partial charge in [-0.2, -0.15) is 18.3 Å². The summed E-state index contributed by atoms with van der Waals surface area (Å²) in [6, 6.07) is 7.51. The number of carbonyl (C=O) groups is 1. The Labute approximate surface area is 170 Å². The van der Waals surface area contributed by atoms with Gasteiger partial charge in [-0.3, -0.25) is 4.79 Å². The maximum Gasteiger partial charge on any atom is 0.418 e. The number of anilines is 2. The molecule has 0 radical (unpaired) electrons. The average molecular weight is 419 g/mol. The van der Waals surface area contributed by atoms with Crippen molar-refractivity contribution < 1.29 is 22.7 Å². The number of halogens is 3. The third kappa shape index (κ3) is 3.17. The number of hydrogen-bond acceptors (Lipinski definition) is 5. The molecule has 30 heavy (non-hydrogen) atoms. The topological polar surface area (TPSA) is 85.8 Å². The molecule has 3 aromatic rings. The summed E-state index contributed by atoms with van der Waals surface area (Å²) in [5, 5.41) is 3.97. The number of nitrogen functional groups attached to an aromatic ring is 1. The highest BCUT2D eigenvalue weighted by atomic mass is 19.4. The summed E-state index contributed by atoms with van der Waals surface area (Å²) in [4.78, 5) is 18.2. The highest BCUT2D eigenvalue weighted by Gasteiger charge is 2.41. The monoisotopic (exact) mass is 419 g/mol. The summed E-state index contributed by atoms with van der Waals surface area (Å²) in [5.74, 6) is -0.487. The number of carbonyl (C=O) groups excluding carboxylic acids is 1. The van der Waals surface area contributed by atoms with Gasteiger partial charge in [-0.25, -0.2) is 9.50 Å². The van der Waals surface area contributed by atoms with Gasteiger partial charge in [0.2, 0.25) is 0 Å². The Balaban J connectivity index is 1.87. The van der Waals surface area contributed by atoms with E-state index in [4.69, 9.17) is 10.5 Å². The van der Waals surface area contributed by atoms with Crippen LogP contribution in [0, 0.1) is 0 Å². The summed E-state index contributed by atoms with van der Waals surface area (Å²) in [7, 11) is 0. The van der Waals surface area contributed by atoms with Crippen LogP contribution >= 0.6 is 0 Å². The second kappa shape index (κ2) is 6.69. The third-order valence-corrected chi connectivity index (χ3v) is 5.17. The average Bonchev–Trinajstić information content (AvgIpc) is 3.07. The number of fused-ring (bicyclic) bond motifs is 1. The predicted molar refractivity (Wildman–Crippen MR) is 105 cm³/mol. The number of benzene rings is 1. The molecule has 1 atom stereocenters. The molecule has 1 fully saturated rings. The van der Waals surface area contributed by atoms with Crippen molar-refractivity contribution >= 4 is 22.9 Å². The van der Waals surface area contributed by atoms with Crippen LogP contribution in [0.2, 0.25) is 0 Å². The molecule has 10 heteroatoms. The zero-order valence-corrected chi connectivity index (χ0v) is 16.6. The molecule has 1 saturated heterocycles. The van der Waals surface area contributed by atoms with Crippen LogP contribution in [0.15, 0.2) is 36.7 Å². The molecule has 1 aliphatic rings. The molecule has 2 N–H and O–H groups in total. The minimum absolute atomic E-state index is 0.195. The van der Waals surface area contributed by atoms with Gasteiger partial charge < -0.3 is 15.4 Å². The molecule has 1 aliphatic heterocycles. The number of ether oxygens (including phenoxy) is 1. The van der Waals surface area contributed by atoms with Crippen LogP contribution in [0.5, 0.6) is 0 Å². The maximum atomic E-state index is 13.6. The summed E-state index contributed by atoms with van der Waals surface area (Å²) in [6.45, 7) is 5.57. The van der Waals surface area contributed by atoms with E-state index in [1.807, 2.05) is 6.92 Å². The van der Waals surface area contributed by atoms with E-state index < -0.39 is 17.3 Å². The highest BCUT2D eigenvalue weighted by Crippen LogP contribution is 2.39. The zero-order chi connectivity index (χ0) is 21.8. The fourth-order valence-corrected chi connectivity index (χ4v) is 3.63. The lowest BCUT2D eigenvalue weighted by Gasteiger charge is -2.41. The maximum absolute atomic E-state index is 13.6. The number of amides is 1. The number of hydrogen-bond donors (Lipinski definition) is 1. The number of alkyl halides is 3. The van der Waals surface area contributed by atoms with Gasteiger partial charge in [0.15, 0.2) is 5.82 Å². The van der Waals surface area contributed by atoms with Crippen molar-refractivity contribution in [1.29, 1.82) is 0 Å². The summed E-state index contributed by atoms with van der Waals surface area (Å²) < 4.78 is 47.5. The smallest absolute Gasteiger partial charge is 0.382 e. The van der Waals surface area contributed by atoms with E-state index in [9.17, 15) is 18.0 Å². The summed E-state index contributed by atoms with van der Waals surface area (Å²) in [5.41, 5.74) is 4.72. The van der Waals surface area contributed by atoms with E-state index in [1.165, 1.54) is 0 Å². The van der Waals surface area contributed by atoms with E-state index in [1.54, 1.807) is 43.0 Å². The second-order valence-corrected chi connectivity index (χ2v) is 7.74. The first-order chi connectivity index (χ1) is 14.0. The van der Waals surface area contributed by atoms with Crippen molar-refractivity contribution in [3.05, 3.63) is 42.2 Å². The number of nitrogens with zero attached hydrogens (tertiary/aromatic N) is 4. The molecule has 2 aromatic heterocycles. The van der Waals surface area contributed by atoms with Crippen LogP contribution < -0.4 is 10.6 Å². The number of morpholine rings is 1. The molecular formula is C20H20F3N5O2. The summed E-state index contributed by atoms with van der Waals surface area (Å²) >= 11 is 0. The van der Waals surface area contributed by atoms with Gasteiger partial charge >= 0.3 is 6.18 Å². The Hall–Kier alpha value is -3.14. The SMILES string of the molecule is CC1COC(C)(C)C(=O)N1c1cccc(-c2cc(C(F)(F)F)c3c(N)ncnn23)c1. The molecule has 1 aromatic carbocycles.